The first-order valence-corrected chi connectivity index (χ1v) is 11.0. The molecule has 2 amide bonds. The SMILES string of the molecule is O=C(NCCN1CCN(c2ccccc2)CC1)NC(c1ccccc1)c1ccccc1. The highest BCUT2D eigenvalue weighted by Crippen LogP contribution is 2.21. The van der Waals surface area contributed by atoms with Gasteiger partial charge in [0.15, 0.2) is 0 Å². The molecule has 0 aromatic heterocycles. The molecule has 0 bridgehead atoms. The van der Waals surface area contributed by atoms with Crippen LogP contribution in [-0.4, -0.2) is 50.2 Å². The van der Waals surface area contributed by atoms with Crippen molar-refractivity contribution in [1.29, 1.82) is 0 Å². The molecule has 0 unspecified atom stereocenters. The van der Waals surface area contributed by atoms with Crippen molar-refractivity contribution in [3.8, 4) is 0 Å². The van der Waals surface area contributed by atoms with Gasteiger partial charge in [-0.25, -0.2) is 4.79 Å². The normalized spacial score (nSPS) is 14.4. The van der Waals surface area contributed by atoms with Gasteiger partial charge in [-0.3, -0.25) is 4.90 Å². The standard InChI is InChI=1S/C26H30N4O/c31-26(28-25(22-10-4-1-5-11-22)23-12-6-2-7-13-23)27-16-17-29-18-20-30(21-19-29)24-14-8-3-9-15-24/h1-15,25H,16-21H2,(H2,27,28,31). The zero-order valence-corrected chi connectivity index (χ0v) is 17.8. The first-order chi connectivity index (χ1) is 15.3. The van der Waals surface area contributed by atoms with E-state index in [1.54, 1.807) is 0 Å². The summed E-state index contributed by atoms with van der Waals surface area (Å²) in [7, 11) is 0. The minimum absolute atomic E-state index is 0.138. The van der Waals surface area contributed by atoms with Crippen molar-refractivity contribution < 1.29 is 4.79 Å². The number of nitrogens with one attached hydrogen (secondary N) is 2. The summed E-state index contributed by atoms with van der Waals surface area (Å²) < 4.78 is 0. The Kier molecular flexibility index (Phi) is 7.19. The Balaban J connectivity index is 1.25. The minimum Gasteiger partial charge on any atom is -0.369 e. The van der Waals surface area contributed by atoms with Crippen LogP contribution in [0.2, 0.25) is 0 Å². The highest BCUT2D eigenvalue weighted by Gasteiger charge is 2.18. The van der Waals surface area contributed by atoms with Crippen LogP contribution in [0, 0.1) is 0 Å². The van der Waals surface area contributed by atoms with E-state index in [4.69, 9.17) is 0 Å². The monoisotopic (exact) mass is 414 g/mol. The lowest BCUT2D eigenvalue weighted by molar-refractivity contribution is 0.230. The molecule has 0 atom stereocenters. The van der Waals surface area contributed by atoms with E-state index in [1.165, 1.54) is 5.69 Å². The summed E-state index contributed by atoms with van der Waals surface area (Å²) in [5.74, 6) is 0. The number of anilines is 1. The summed E-state index contributed by atoms with van der Waals surface area (Å²) in [6.45, 7) is 5.54. The Labute approximate surface area is 184 Å². The molecule has 4 rings (SSSR count). The minimum atomic E-state index is -0.170. The molecular formula is C26H30N4O. The molecule has 1 saturated heterocycles. The maximum Gasteiger partial charge on any atom is 0.315 e. The molecule has 0 aliphatic carbocycles. The molecule has 0 spiro atoms. The third-order valence-corrected chi connectivity index (χ3v) is 5.75. The molecule has 1 aliphatic rings. The zero-order chi connectivity index (χ0) is 21.3. The van der Waals surface area contributed by atoms with E-state index in [1.807, 2.05) is 60.7 Å². The maximum atomic E-state index is 12.6. The van der Waals surface area contributed by atoms with Gasteiger partial charge in [0.1, 0.15) is 0 Å². The Hall–Kier alpha value is -3.31. The van der Waals surface area contributed by atoms with Crippen LogP contribution < -0.4 is 15.5 Å². The fourth-order valence-electron chi connectivity index (χ4n) is 4.03. The lowest BCUT2D eigenvalue weighted by Crippen LogP contribution is -2.49. The van der Waals surface area contributed by atoms with Gasteiger partial charge in [0.05, 0.1) is 6.04 Å². The van der Waals surface area contributed by atoms with E-state index in [0.717, 1.165) is 43.9 Å². The van der Waals surface area contributed by atoms with Crippen molar-refractivity contribution in [2.45, 2.75) is 6.04 Å². The van der Waals surface area contributed by atoms with Gasteiger partial charge in [-0.05, 0) is 23.3 Å². The van der Waals surface area contributed by atoms with Crippen LogP contribution in [-0.2, 0) is 0 Å². The van der Waals surface area contributed by atoms with Gasteiger partial charge in [0, 0.05) is 45.0 Å². The number of urea groups is 1. The summed E-state index contributed by atoms with van der Waals surface area (Å²) in [5.41, 5.74) is 3.43. The van der Waals surface area contributed by atoms with Gasteiger partial charge in [-0.15, -0.1) is 0 Å². The van der Waals surface area contributed by atoms with Crippen LogP contribution in [0.3, 0.4) is 0 Å². The predicted molar refractivity (Wildman–Crippen MR) is 126 cm³/mol. The molecule has 160 valence electrons. The van der Waals surface area contributed by atoms with Gasteiger partial charge in [-0.1, -0.05) is 78.9 Å². The number of nitrogens with zero attached hydrogens (tertiary/aromatic N) is 2. The van der Waals surface area contributed by atoms with Gasteiger partial charge >= 0.3 is 6.03 Å². The number of benzene rings is 3. The molecule has 2 N–H and O–H groups in total. The highest BCUT2D eigenvalue weighted by molar-refractivity contribution is 5.75. The third kappa shape index (κ3) is 5.86. The van der Waals surface area contributed by atoms with Crippen LogP contribution in [0.5, 0.6) is 0 Å². The van der Waals surface area contributed by atoms with Gasteiger partial charge in [0.25, 0.3) is 0 Å². The second-order valence-electron chi connectivity index (χ2n) is 7.82. The lowest BCUT2D eigenvalue weighted by atomic mass is 9.99. The summed E-state index contributed by atoms with van der Waals surface area (Å²) in [5, 5.41) is 6.18. The van der Waals surface area contributed by atoms with Crippen LogP contribution >= 0.6 is 0 Å². The summed E-state index contributed by atoms with van der Waals surface area (Å²) in [4.78, 5) is 17.5. The second-order valence-corrected chi connectivity index (χ2v) is 7.82. The molecule has 3 aromatic carbocycles. The molecule has 0 radical (unpaired) electrons. The van der Waals surface area contributed by atoms with Crippen molar-refractivity contribution in [3.05, 3.63) is 102 Å². The second kappa shape index (κ2) is 10.6. The fraction of sp³-hybridized carbons (Fsp3) is 0.269. The summed E-state index contributed by atoms with van der Waals surface area (Å²) in [6.07, 6.45) is 0. The molecule has 5 heteroatoms. The number of hydrogen-bond donors (Lipinski definition) is 2. The quantitative estimate of drug-likeness (QED) is 0.617. The Morgan fingerprint density at radius 3 is 1.81 bits per heavy atom. The first kappa shape index (κ1) is 20.9. The number of rotatable bonds is 7. The van der Waals surface area contributed by atoms with Crippen LogP contribution in [0.15, 0.2) is 91.0 Å². The van der Waals surface area contributed by atoms with E-state index < -0.39 is 0 Å². The Morgan fingerprint density at radius 1 is 0.742 bits per heavy atom. The van der Waals surface area contributed by atoms with Gasteiger partial charge in [-0.2, -0.15) is 0 Å². The lowest BCUT2D eigenvalue weighted by Gasteiger charge is -2.36. The van der Waals surface area contributed by atoms with Crippen LogP contribution in [0.1, 0.15) is 17.2 Å². The first-order valence-electron chi connectivity index (χ1n) is 11.0. The molecule has 3 aromatic rings. The molecule has 0 saturated carbocycles. The molecule has 5 nitrogen and oxygen atoms in total. The Bertz CT molecular complexity index is 886. The van der Waals surface area contributed by atoms with Crippen molar-refractivity contribution in [1.82, 2.24) is 15.5 Å². The predicted octanol–water partition coefficient (Wildman–Crippen LogP) is 3.90. The van der Waals surface area contributed by atoms with E-state index in [9.17, 15) is 4.79 Å². The van der Waals surface area contributed by atoms with E-state index in [-0.39, 0.29) is 12.1 Å². The number of para-hydroxylation sites is 1. The van der Waals surface area contributed by atoms with E-state index in [2.05, 4.69) is 50.8 Å². The number of carbonyl (C=O) groups excluding carboxylic acids is 1. The average molecular weight is 415 g/mol. The van der Waals surface area contributed by atoms with Crippen molar-refractivity contribution in [3.63, 3.8) is 0 Å². The summed E-state index contributed by atoms with van der Waals surface area (Å²) in [6, 6.07) is 30.4. The number of carbonyl (C=O) groups is 1. The zero-order valence-electron chi connectivity index (χ0n) is 17.8. The highest BCUT2D eigenvalue weighted by atomic mass is 16.2. The van der Waals surface area contributed by atoms with Crippen molar-refractivity contribution in [2.24, 2.45) is 0 Å². The molecule has 1 heterocycles. The van der Waals surface area contributed by atoms with Crippen LogP contribution in [0.25, 0.3) is 0 Å². The van der Waals surface area contributed by atoms with Crippen molar-refractivity contribution >= 4 is 11.7 Å². The summed E-state index contributed by atoms with van der Waals surface area (Å²) >= 11 is 0. The van der Waals surface area contributed by atoms with Gasteiger partial charge in [0.2, 0.25) is 0 Å². The fourth-order valence-corrected chi connectivity index (χ4v) is 4.03. The molecular weight excluding hydrogens is 384 g/mol. The maximum absolute atomic E-state index is 12.6. The molecule has 1 fully saturated rings. The Morgan fingerprint density at radius 2 is 1.26 bits per heavy atom. The van der Waals surface area contributed by atoms with E-state index in [0.29, 0.717) is 6.54 Å². The van der Waals surface area contributed by atoms with Crippen molar-refractivity contribution in [2.75, 3.05) is 44.2 Å². The largest absolute Gasteiger partial charge is 0.369 e. The van der Waals surface area contributed by atoms with Gasteiger partial charge < -0.3 is 15.5 Å². The number of piperazine rings is 1. The molecule has 1 aliphatic heterocycles. The third-order valence-electron chi connectivity index (χ3n) is 5.75. The smallest absolute Gasteiger partial charge is 0.315 e. The number of amides is 2. The van der Waals surface area contributed by atoms with E-state index >= 15 is 0 Å². The van der Waals surface area contributed by atoms with Crippen LogP contribution in [0.4, 0.5) is 10.5 Å². The molecule has 31 heavy (non-hydrogen) atoms. The number of hydrogen-bond acceptors (Lipinski definition) is 3. The average Bonchev–Trinajstić information content (AvgIpc) is 2.85. The topological polar surface area (TPSA) is 47.6 Å².